The van der Waals surface area contributed by atoms with Gasteiger partial charge in [-0.1, -0.05) is 144 Å². The molecule has 1 spiro atoms. The number of rotatable bonds is 22. The molecule has 18 bridgehead atoms. The van der Waals surface area contributed by atoms with Gasteiger partial charge in [0.1, 0.15) is 66.8 Å². The first-order valence-electron chi connectivity index (χ1n) is 47.8. The van der Waals surface area contributed by atoms with Crippen LogP contribution < -0.4 is 0 Å². The molecule has 0 aromatic rings. The minimum Gasteiger partial charge on any atom is -0.414 e. The topological polar surface area (TPSA) is 200 Å². The molecule has 0 amide bonds. The normalized spacial score (nSPS) is 46.6. The van der Waals surface area contributed by atoms with Crippen LogP contribution in [0.25, 0.3) is 0 Å². The van der Waals surface area contributed by atoms with Gasteiger partial charge in [-0.3, -0.25) is 9.59 Å². The predicted molar refractivity (Wildman–Crippen MR) is 471 cm³/mol. The Bertz CT molecular complexity index is 3630. The van der Waals surface area contributed by atoms with Crippen molar-refractivity contribution < 1.29 is 94.2 Å². The van der Waals surface area contributed by atoms with Gasteiger partial charge in [0.15, 0.2) is 33.3 Å². The largest absolute Gasteiger partial charge is 0.414 e. The van der Waals surface area contributed by atoms with E-state index in [0.717, 1.165) is 145 Å². The van der Waals surface area contributed by atoms with Gasteiger partial charge in [0.2, 0.25) is 0 Å². The van der Waals surface area contributed by atoms with Crippen LogP contribution in [-0.2, 0) is 94.2 Å². The third-order valence-corrected chi connectivity index (χ3v) is 43.8. The van der Waals surface area contributed by atoms with Crippen LogP contribution in [0.2, 0.25) is 36.3 Å². The van der Waals surface area contributed by atoms with Gasteiger partial charge in [-0.05, 0) is 215 Å². The molecule has 0 N–H and O–H groups in total. The standard InChI is InChI=1S/C49H79BrO10SSi.C47H74O10Si/c1-12-31(60-62(10,11)48(7,8)9)22-38-30(6)35(26-50)40(55-38)24-39-29(5)27(3)20-32(53-39)14-16-36-28(4)21-34(52-36)18-19-49-25-41-44(58-49)45-46(57-41)47(59-49)43-37(56-45)17-15-33(54-43)23-42(51)61-13-2;1-11-30(57-58(9,10)46(6,7)8)22-37-28(5)34-21-29(48)20-32-13-15-36-41(51-32)45-44-43(53-36)42-40(54-44)24-47(55-42,56-45)17-16-33-19-26(3)35(49-33)14-12-31-18-25(2)27(4)38(50-31)23-39(34)52-37/h27,30-41,43-47H,4-5,12-26H2,1-3,6-11H3;25,28,30-45H,3-4,11-24H2,1-2,5-10H3/t27-,30-,31-,32?,33-,34+,35-,36?,37+,38-,39-,40?,41-,43+,44?,45+,46?,47+,49+;25-,28-,30-,31?,32-,33+,34-,35?,36+,37-,38-,39?,40-,41+,42?,43+,44?,45+,47+/m11/s1. The highest BCUT2D eigenvalue weighted by Gasteiger charge is 2.71. The SMILES string of the molecule is C=C1C[C@@H]2CC[C@@]34C[C@H]5OC6[C@@H](O[C@H]7CC[C@H](CC(=O)C[C@H]8C(C[C@H]9OC(CCC1O2)C[C@@H](C)C9=C)O[C@H](C[C@@H](CC)O[Si](C)(C)C(C)(C)C)[C@@H]8C)O[C@@H]7[C@@H]6O3)C5O4.C=C1C[C@H](CC[C@@]23C[C@H]4OC5[C@@H](O[C@H]6CC[C@H](CC(=O)SCC)O[C@@H]6[C@@H]5O2)C4O3)OC1CCC1C[C@@H](C)C(=C)[C@@H](CC2O[C@H](C[C@@H](CC)O[Si](C)(C)C(C)(C)C)[C@H](C)[C@H]2CBr)O1. The highest BCUT2D eigenvalue weighted by Crippen LogP contribution is 2.58. The zero-order valence-corrected chi connectivity index (χ0v) is 80.5. The molecule has 20 nitrogen and oxygen atoms in total. The van der Waals surface area contributed by atoms with Crippen molar-refractivity contribution in [1.82, 2.24) is 0 Å². The van der Waals surface area contributed by atoms with E-state index in [9.17, 15) is 9.59 Å². The second-order valence-electron chi connectivity index (χ2n) is 43.4. The van der Waals surface area contributed by atoms with Gasteiger partial charge in [0.25, 0.3) is 0 Å². The number of thioether (sulfide) groups is 1. The summed E-state index contributed by atoms with van der Waals surface area (Å²) in [6.07, 6.45) is 19.4. The van der Waals surface area contributed by atoms with E-state index in [0.29, 0.717) is 68.6 Å². The van der Waals surface area contributed by atoms with Crippen LogP contribution in [-0.4, -0.2) is 233 Å². The number of hydrogen-bond donors (Lipinski definition) is 0. The highest BCUT2D eigenvalue weighted by molar-refractivity contribution is 9.09. The molecule has 19 fully saturated rings. The van der Waals surface area contributed by atoms with Crippen LogP contribution in [0.15, 0.2) is 48.6 Å². The van der Waals surface area contributed by atoms with Crippen molar-refractivity contribution in [2.75, 3.05) is 11.1 Å². The monoisotopic (exact) mass is 1790 g/mol. The minimum atomic E-state index is -1.99. The number of ether oxygens (including phenoxy) is 16. The third kappa shape index (κ3) is 19.2. The summed E-state index contributed by atoms with van der Waals surface area (Å²) in [7, 11) is -3.87. The predicted octanol–water partition coefficient (Wildman–Crippen LogP) is 18.8. The molecule has 24 heteroatoms. The van der Waals surface area contributed by atoms with Crippen molar-refractivity contribution in [3.05, 3.63) is 48.6 Å². The molecule has 0 radical (unpaired) electrons. The quantitative estimate of drug-likeness (QED) is 0.0562. The van der Waals surface area contributed by atoms with E-state index in [4.69, 9.17) is 84.6 Å². The van der Waals surface area contributed by atoms with Crippen molar-refractivity contribution >= 4 is 55.2 Å². The molecule has 0 aliphatic carbocycles. The van der Waals surface area contributed by atoms with Gasteiger partial charge in [0.05, 0.1) is 110 Å². The molecule has 19 heterocycles. The Morgan fingerprint density at radius 2 is 1.09 bits per heavy atom. The first-order chi connectivity index (χ1) is 56.9. The maximum Gasteiger partial charge on any atom is 0.192 e. The third-order valence-electron chi connectivity index (χ3n) is 33.2. The lowest BCUT2D eigenvalue weighted by atomic mass is 9.78. The Labute approximate surface area is 734 Å². The maximum absolute atomic E-state index is 14.3. The molecule has 19 aliphatic rings. The number of fused-ring (bicyclic) bond motifs is 7. The smallest absolute Gasteiger partial charge is 0.192 e. The summed E-state index contributed by atoms with van der Waals surface area (Å²) in [5, 5.41) is 1.40. The lowest BCUT2D eigenvalue weighted by Gasteiger charge is -2.47. The molecule has 678 valence electrons. The van der Waals surface area contributed by atoms with E-state index < -0.39 is 28.2 Å². The Kier molecular flexibility index (Phi) is 28.3. The van der Waals surface area contributed by atoms with Gasteiger partial charge in [-0.15, -0.1) is 0 Å². The molecule has 0 aromatic carbocycles. The lowest BCUT2D eigenvalue weighted by molar-refractivity contribution is -0.292. The van der Waals surface area contributed by atoms with E-state index in [1.54, 1.807) is 0 Å². The van der Waals surface area contributed by atoms with Gasteiger partial charge >= 0.3 is 0 Å². The molecule has 0 saturated carbocycles. The summed E-state index contributed by atoms with van der Waals surface area (Å²) in [5.41, 5.74) is 4.69. The summed E-state index contributed by atoms with van der Waals surface area (Å²) < 4.78 is 123. The van der Waals surface area contributed by atoms with Crippen LogP contribution in [0.3, 0.4) is 0 Å². The fourth-order valence-corrected chi connectivity index (χ4v) is 28.4. The van der Waals surface area contributed by atoms with Crippen LogP contribution >= 0.6 is 27.7 Å². The fourth-order valence-electron chi connectivity index (χ4n) is 23.9. The first kappa shape index (κ1) is 92.1. The molecular formula is C96H153BrO20SSi2. The number of alkyl halides is 1. The number of Topliss-reactive ketones (excluding diaryl/α,β-unsaturated/α-hetero) is 1. The average Bonchev–Trinajstić information content (AvgIpc) is 1.55. The van der Waals surface area contributed by atoms with Gasteiger partial charge < -0.3 is 84.6 Å². The zero-order valence-electron chi connectivity index (χ0n) is 76.1. The summed E-state index contributed by atoms with van der Waals surface area (Å²) in [6, 6.07) is 0. The molecule has 38 atom stereocenters. The molecule has 19 aliphatic heterocycles. The van der Waals surface area contributed by atoms with E-state index in [-0.39, 0.29) is 216 Å². The van der Waals surface area contributed by atoms with Crippen molar-refractivity contribution in [2.24, 2.45) is 35.5 Å². The summed E-state index contributed by atoms with van der Waals surface area (Å²) in [4.78, 5) is 26.9. The van der Waals surface area contributed by atoms with E-state index in [1.165, 1.54) is 28.5 Å². The molecular weight excluding hydrogens is 1640 g/mol. The van der Waals surface area contributed by atoms with Crippen LogP contribution in [0.4, 0.5) is 0 Å². The summed E-state index contributed by atoms with van der Waals surface area (Å²) in [5.74, 6) is 1.32. The molecule has 120 heavy (non-hydrogen) atoms. The molecule has 0 aromatic heterocycles. The van der Waals surface area contributed by atoms with Crippen LogP contribution in [0.5, 0.6) is 0 Å². The highest BCUT2D eigenvalue weighted by atomic mass is 79.9. The van der Waals surface area contributed by atoms with Crippen LogP contribution in [0, 0.1) is 35.5 Å². The number of carbonyl (C=O) groups excluding carboxylic acids is 2. The number of halogens is 1. The Balaban J connectivity index is 0.000000179. The lowest BCUT2D eigenvalue weighted by Crippen LogP contribution is -2.61. The fraction of sp³-hybridized carbons (Fsp3) is 0.896. The second kappa shape index (κ2) is 36.9. The summed E-state index contributed by atoms with van der Waals surface area (Å²) in [6.45, 7) is 57.2. The van der Waals surface area contributed by atoms with Gasteiger partial charge in [0, 0.05) is 75.3 Å². The van der Waals surface area contributed by atoms with Crippen molar-refractivity contribution in [3.63, 3.8) is 0 Å². The Morgan fingerprint density at radius 1 is 0.508 bits per heavy atom. The first-order valence-corrected chi connectivity index (χ1v) is 55.7. The number of carbonyl (C=O) groups is 2. The molecule has 19 rings (SSSR count). The van der Waals surface area contributed by atoms with E-state index >= 15 is 0 Å². The van der Waals surface area contributed by atoms with Crippen molar-refractivity contribution in [2.45, 2.75) is 494 Å². The van der Waals surface area contributed by atoms with Crippen LogP contribution in [0.1, 0.15) is 263 Å². The van der Waals surface area contributed by atoms with Crippen molar-refractivity contribution in [3.8, 4) is 0 Å². The Hall–Kier alpha value is -1.16. The Morgan fingerprint density at radius 3 is 1.77 bits per heavy atom. The molecule has 10 unspecified atom stereocenters. The number of ketones is 1. The second-order valence-corrected chi connectivity index (χ2v) is 54.9. The summed E-state index contributed by atoms with van der Waals surface area (Å²) >= 11 is 5.25. The van der Waals surface area contributed by atoms with Crippen molar-refractivity contribution in [1.29, 1.82) is 0 Å². The zero-order chi connectivity index (χ0) is 85.2. The molecule has 19 saturated heterocycles. The van der Waals surface area contributed by atoms with E-state index in [1.807, 2.05) is 6.92 Å². The van der Waals surface area contributed by atoms with Gasteiger partial charge in [-0.25, -0.2) is 0 Å². The minimum absolute atomic E-state index is 0.00187. The van der Waals surface area contributed by atoms with E-state index in [2.05, 4.69) is 152 Å². The average molecular weight is 1800 g/mol. The van der Waals surface area contributed by atoms with Gasteiger partial charge in [-0.2, -0.15) is 0 Å². The number of hydrogen-bond acceptors (Lipinski definition) is 21. The maximum atomic E-state index is 14.3.